The number of benzene rings is 2. The SMILES string of the molecule is CSCC[C@H](NC(=O)[C@H](CCC(=O)O)NC(=O)[C@H](CCC(=O)O)NC(=O)OCC1c2ccccc2-c2ccccc21)C(=O)N[C@@H](CCC(N)=O)C(=O)N[C@@H](CCCN=C(N)N)C(=O)N[C@@H](CCCN=C(N)N)C(=O)N[C@@H](C)C(=O)N[C@@H](CCC(=O)O)C(=O)O. The fourth-order valence-corrected chi connectivity index (χ4v) is 9.49. The number of guanidine groups is 2. The van der Waals surface area contributed by atoms with Gasteiger partial charge >= 0.3 is 30.0 Å². The summed E-state index contributed by atoms with van der Waals surface area (Å²) in [5.74, 6) is -14.9. The highest BCUT2D eigenvalue weighted by molar-refractivity contribution is 7.98. The van der Waals surface area contributed by atoms with Gasteiger partial charge in [-0.05, 0) is 99.0 Å². The van der Waals surface area contributed by atoms with Crippen molar-refractivity contribution in [2.75, 3.05) is 31.7 Å². The van der Waals surface area contributed by atoms with Gasteiger partial charge in [0.05, 0.1) is 0 Å². The molecule has 9 amide bonds. The average molecular weight is 1270 g/mol. The van der Waals surface area contributed by atoms with Crippen LogP contribution in [0.1, 0.15) is 107 Å². The van der Waals surface area contributed by atoms with Crippen LogP contribution in [0.25, 0.3) is 11.1 Å². The van der Waals surface area contributed by atoms with Gasteiger partial charge in [0.2, 0.25) is 47.3 Å². The number of carbonyl (C=O) groups excluding carboxylic acids is 9. The highest BCUT2D eigenvalue weighted by atomic mass is 32.2. The Labute approximate surface area is 515 Å². The van der Waals surface area contributed by atoms with Crippen LogP contribution < -0.4 is 71.2 Å². The first kappa shape index (κ1) is 73.5. The van der Waals surface area contributed by atoms with Gasteiger partial charge in [0.15, 0.2) is 11.9 Å². The third-order valence-electron chi connectivity index (χ3n) is 13.6. The normalized spacial score (nSPS) is 14.0. The van der Waals surface area contributed by atoms with Gasteiger partial charge in [0.25, 0.3) is 0 Å². The molecule has 0 aliphatic heterocycles. The Morgan fingerprint density at radius 2 is 0.820 bits per heavy atom. The van der Waals surface area contributed by atoms with Crippen LogP contribution in [-0.2, 0) is 62.3 Å². The summed E-state index contributed by atoms with van der Waals surface area (Å²) in [6.45, 7) is 0.844. The van der Waals surface area contributed by atoms with E-state index in [1.165, 1.54) is 18.7 Å². The van der Waals surface area contributed by atoms with Crippen LogP contribution in [0.15, 0.2) is 58.5 Å². The van der Waals surface area contributed by atoms with E-state index in [0.29, 0.717) is 0 Å². The van der Waals surface area contributed by atoms with E-state index in [1.807, 2.05) is 48.5 Å². The van der Waals surface area contributed by atoms with E-state index < -0.39 is 183 Å². The summed E-state index contributed by atoms with van der Waals surface area (Å²) in [4.78, 5) is 178. The lowest BCUT2D eigenvalue weighted by atomic mass is 9.98. The number of rotatable bonds is 41. The Morgan fingerprint density at radius 3 is 1.20 bits per heavy atom. The van der Waals surface area contributed by atoms with Gasteiger partial charge in [-0.1, -0.05) is 48.5 Å². The summed E-state index contributed by atoms with van der Waals surface area (Å²) in [6, 6.07) is 2.08. The van der Waals surface area contributed by atoms with Crippen molar-refractivity contribution in [3.05, 3.63) is 59.7 Å². The van der Waals surface area contributed by atoms with Crippen LogP contribution in [0.5, 0.6) is 0 Å². The van der Waals surface area contributed by atoms with E-state index in [1.54, 1.807) is 6.26 Å². The molecule has 0 saturated heterocycles. The third-order valence-corrected chi connectivity index (χ3v) is 14.2. The van der Waals surface area contributed by atoms with Crippen molar-refractivity contribution in [2.45, 2.75) is 145 Å². The molecular weight excluding hydrogens is 1190 g/mol. The Hall–Kier alpha value is -9.76. The van der Waals surface area contributed by atoms with E-state index in [0.717, 1.165) is 22.3 Å². The van der Waals surface area contributed by atoms with Crippen LogP contribution in [0.2, 0.25) is 0 Å². The Morgan fingerprint density at radius 1 is 0.472 bits per heavy atom. The van der Waals surface area contributed by atoms with Crippen molar-refractivity contribution in [2.24, 2.45) is 38.7 Å². The molecule has 0 aromatic heterocycles. The van der Waals surface area contributed by atoms with Gasteiger partial charge in [-0.3, -0.25) is 62.7 Å². The number of amides is 9. The van der Waals surface area contributed by atoms with Crippen LogP contribution in [0.4, 0.5) is 4.79 Å². The number of nitrogens with zero attached hydrogens (tertiary/aromatic N) is 2. The van der Waals surface area contributed by atoms with E-state index in [-0.39, 0.29) is 69.5 Å². The van der Waals surface area contributed by atoms with Gasteiger partial charge in [0.1, 0.15) is 54.9 Å². The maximum absolute atomic E-state index is 14.3. The summed E-state index contributed by atoms with van der Waals surface area (Å²) in [5.41, 5.74) is 30.9. The largest absolute Gasteiger partial charge is 0.481 e. The lowest BCUT2D eigenvalue weighted by Gasteiger charge is -2.28. The molecule has 33 nitrogen and oxygen atoms in total. The number of carbonyl (C=O) groups is 13. The van der Waals surface area contributed by atoms with E-state index in [4.69, 9.17) is 38.5 Å². The molecule has 2 aromatic rings. The molecular formula is C55H79N15O18S. The molecule has 0 radical (unpaired) electrons. The van der Waals surface area contributed by atoms with Crippen molar-refractivity contribution in [3.63, 3.8) is 0 Å². The number of hydrogen-bond acceptors (Lipinski definition) is 17. The first-order valence-electron chi connectivity index (χ1n) is 28.1. The summed E-state index contributed by atoms with van der Waals surface area (Å²) in [6.07, 6.45) is -4.68. The minimum Gasteiger partial charge on any atom is -0.481 e. The monoisotopic (exact) mass is 1270 g/mol. The Balaban J connectivity index is 1.90. The van der Waals surface area contributed by atoms with Crippen LogP contribution in [0, 0.1) is 0 Å². The standard InChI is InChI=1S/C55H79N15O18S/c1-28(45(78)69-40(52(85)86)18-22-44(76)77)63-46(79)34(13-7-24-61-53(57)58)64-47(80)35(14-8-25-62-54(59)60)65-48(81)36(15-19-41(56)71)66-51(84)39(23-26-89-2)68-49(82)37(16-20-42(72)73)67-50(83)38(17-21-43(74)75)70-55(87)88-27-33-31-11-5-3-9-29(31)30-10-4-6-12-32(30)33/h3-6,9-12,28,33-40H,7-8,13-27H2,1-2H3,(H2,56,71)(H,63,79)(H,64,80)(H,65,81)(H,66,84)(H,67,83)(H,68,82)(H,69,78)(H,70,87)(H,72,73)(H,74,75)(H,76,77)(H,85,86)(H4,57,58,61)(H4,59,60,62)/t28-,34-,35-,36-,37-,38-,39-,40-/m0/s1. The minimum absolute atomic E-state index is 0.00604. The van der Waals surface area contributed by atoms with Gasteiger partial charge in [-0.2, -0.15) is 11.8 Å². The van der Waals surface area contributed by atoms with E-state index in [9.17, 15) is 77.6 Å². The summed E-state index contributed by atoms with van der Waals surface area (Å²) in [7, 11) is 0. The number of aliphatic imine (C=N–C) groups is 2. The number of carboxylic acids is 4. The number of aliphatic carboxylic acids is 4. The molecule has 1 aliphatic carbocycles. The fraction of sp³-hybridized carbons (Fsp3) is 0.509. The number of alkyl carbamates (subject to hydrolysis) is 1. The number of nitrogens with two attached hydrogens (primary N) is 5. The molecule has 89 heavy (non-hydrogen) atoms. The number of thioether (sulfide) groups is 1. The topological polar surface area (TPSA) is 563 Å². The predicted molar refractivity (Wildman–Crippen MR) is 321 cm³/mol. The minimum atomic E-state index is -1.75. The first-order chi connectivity index (χ1) is 42.1. The Kier molecular flexibility index (Phi) is 31.2. The van der Waals surface area contributed by atoms with Gasteiger partial charge in [-0.25, -0.2) is 9.59 Å². The Bertz CT molecular complexity index is 2880. The summed E-state index contributed by atoms with van der Waals surface area (Å²) >= 11 is 1.22. The number of nitrogens with one attached hydrogen (secondary N) is 8. The van der Waals surface area contributed by atoms with Gasteiger partial charge in [0, 0.05) is 44.7 Å². The van der Waals surface area contributed by atoms with Gasteiger partial charge < -0.3 is 96.4 Å². The molecule has 0 fully saturated rings. The van der Waals surface area contributed by atoms with Crippen molar-refractivity contribution in [1.82, 2.24) is 42.5 Å². The maximum atomic E-state index is 14.3. The third kappa shape index (κ3) is 26.4. The van der Waals surface area contributed by atoms with Crippen LogP contribution in [-0.4, -0.2) is 190 Å². The van der Waals surface area contributed by atoms with Crippen LogP contribution >= 0.6 is 11.8 Å². The van der Waals surface area contributed by atoms with E-state index >= 15 is 0 Å². The summed E-state index contributed by atoms with van der Waals surface area (Å²) in [5, 5.41) is 56.9. The molecule has 22 N–H and O–H groups in total. The van der Waals surface area contributed by atoms with Crippen molar-refractivity contribution in [3.8, 4) is 11.1 Å². The van der Waals surface area contributed by atoms with E-state index in [2.05, 4.69) is 52.5 Å². The number of carboxylic acid groups (broad SMARTS) is 4. The molecule has 2 aromatic carbocycles. The maximum Gasteiger partial charge on any atom is 0.407 e. The molecule has 0 saturated carbocycles. The van der Waals surface area contributed by atoms with Crippen LogP contribution in [0.3, 0.4) is 0 Å². The number of ether oxygens (including phenoxy) is 1. The molecule has 488 valence electrons. The molecule has 34 heteroatoms. The quantitative estimate of drug-likeness (QED) is 0.0181. The number of hydrogen-bond donors (Lipinski definition) is 17. The van der Waals surface area contributed by atoms with Crippen molar-refractivity contribution < 1.29 is 87.5 Å². The second-order valence-corrected chi connectivity index (χ2v) is 21.4. The second kappa shape index (κ2) is 37.7. The zero-order chi connectivity index (χ0) is 66.3. The predicted octanol–water partition coefficient (Wildman–Crippen LogP) is -2.89. The fourth-order valence-electron chi connectivity index (χ4n) is 9.02. The zero-order valence-corrected chi connectivity index (χ0v) is 49.8. The molecule has 3 rings (SSSR count). The van der Waals surface area contributed by atoms with Gasteiger partial charge in [-0.15, -0.1) is 0 Å². The molecule has 0 heterocycles. The lowest BCUT2D eigenvalue weighted by Crippen LogP contribution is -2.60. The molecule has 1 aliphatic rings. The second-order valence-electron chi connectivity index (χ2n) is 20.4. The highest BCUT2D eigenvalue weighted by Crippen LogP contribution is 2.44. The molecule has 0 unspecified atom stereocenters. The highest BCUT2D eigenvalue weighted by Gasteiger charge is 2.36. The number of fused-ring (bicyclic) bond motifs is 3. The smallest absolute Gasteiger partial charge is 0.407 e. The van der Waals surface area contributed by atoms with Crippen molar-refractivity contribution >= 4 is 101 Å². The molecule has 8 atom stereocenters. The summed E-state index contributed by atoms with van der Waals surface area (Å²) < 4.78 is 5.58. The zero-order valence-electron chi connectivity index (χ0n) is 49.0. The molecule has 0 bridgehead atoms. The molecule has 0 spiro atoms. The average Bonchev–Trinajstić information content (AvgIpc) is 2.07. The first-order valence-corrected chi connectivity index (χ1v) is 29.5. The lowest BCUT2D eigenvalue weighted by molar-refractivity contribution is -0.143. The number of primary amides is 1. The van der Waals surface area contributed by atoms with Crippen molar-refractivity contribution in [1.29, 1.82) is 0 Å².